The van der Waals surface area contributed by atoms with E-state index in [1.165, 1.54) is 11.3 Å². The predicted molar refractivity (Wildman–Crippen MR) is 107 cm³/mol. The maximum Gasteiger partial charge on any atom is 0.345 e. The number of thiazole rings is 1. The Morgan fingerprint density at radius 1 is 1.11 bits per heavy atom. The Balaban J connectivity index is 1.64. The lowest BCUT2D eigenvalue weighted by atomic mass is 10.1. The fourth-order valence-electron chi connectivity index (χ4n) is 2.84. The lowest BCUT2D eigenvalue weighted by molar-refractivity contribution is 0.102. The zero-order valence-electron chi connectivity index (χ0n) is 14.8. The van der Waals surface area contributed by atoms with Gasteiger partial charge < -0.3 is 4.42 Å². The fourth-order valence-corrected chi connectivity index (χ4v) is 3.55. The van der Waals surface area contributed by atoms with Crippen LogP contribution in [0.3, 0.4) is 0 Å². The molecular weight excluding hydrogens is 360 g/mol. The van der Waals surface area contributed by atoms with Gasteiger partial charge in [-0.05, 0) is 37.6 Å². The summed E-state index contributed by atoms with van der Waals surface area (Å²) in [5, 5.41) is 5.80. The third kappa shape index (κ3) is 3.39. The van der Waals surface area contributed by atoms with Crippen molar-refractivity contribution in [3.8, 4) is 11.3 Å². The van der Waals surface area contributed by atoms with Crippen molar-refractivity contribution in [3.63, 3.8) is 0 Å². The Morgan fingerprint density at radius 3 is 2.78 bits per heavy atom. The molecule has 0 unspecified atom stereocenters. The number of nitrogens with zero attached hydrogens (tertiary/aromatic N) is 1. The number of fused-ring (bicyclic) bond motifs is 1. The number of para-hydroxylation sites is 1. The number of carbonyl (C=O) groups is 1. The van der Waals surface area contributed by atoms with Gasteiger partial charge in [-0.1, -0.05) is 35.9 Å². The Labute approximate surface area is 159 Å². The number of benzene rings is 2. The van der Waals surface area contributed by atoms with Crippen LogP contribution in [0.25, 0.3) is 22.2 Å². The molecule has 0 aliphatic heterocycles. The molecule has 5 nitrogen and oxygen atoms in total. The third-order valence-electron chi connectivity index (χ3n) is 4.28. The molecule has 0 spiro atoms. The van der Waals surface area contributed by atoms with Crippen molar-refractivity contribution >= 4 is 33.3 Å². The lowest BCUT2D eigenvalue weighted by Gasteiger charge is -2.06. The van der Waals surface area contributed by atoms with Gasteiger partial charge in [0.15, 0.2) is 5.13 Å². The van der Waals surface area contributed by atoms with Gasteiger partial charge in [0.25, 0.3) is 5.91 Å². The van der Waals surface area contributed by atoms with Gasteiger partial charge in [0, 0.05) is 16.3 Å². The van der Waals surface area contributed by atoms with Crippen LogP contribution in [0.15, 0.2) is 63.1 Å². The molecule has 2 aromatic heterocycles. The summed E-state index contributed by atoms with van der Waals surface area (Å²) in [6.45, 7) is 3.83. The second kappa shape index (κ2) is 6.81. The van der Waals surface area contributed by atoms with Crippen LogP contribution >= 0.6 is 11.3 Å². The van der Waals surface area contributed by atoms with E-state index in [0.29, 0.717) is 27.5 Å². The summed E-state index contributed by atoms with van der Waals surface area (Å²) in [4.78, 5) is 29.2. The molecule has 0 fully saturated rings. The Bertz CT molecular complexity index is 1220. The number of hydrogen-bond donors (Lipinski definition) is 1. The van der Waals surface area contributed by atoms with E-state index in [9.17, 15) is 9.59 Å². The first-order chi connectivity index (χ1) is 13.0. The molecule has 1 N–H and O–H groups in total. The minimum Gasteiger partial charge on any atom is -0.422 e. The quantitative estimate of drug-likeness (QED) is 0.522. The van der Waals surface area contributed by atoms with Gasteiger partial charge in [-0.25, -0.2) is 9.78 Å². The van der Waals surface area contributed by atoms with E-state index in [1.807, 2.05) is 50.2 Å². The van der Waals surface area contributed by atoms with E-state index in [1.54, 1.807) is 17.5 Å². The Hall–Kier alpha value is -3.25. The monoisotopic (exact) mass is 376 g/mol. The number of aromatic nitrogens is 1. The van der Waals surface area contributed by atoms with Gasteiger partial charge >= 0.3 is 5.63 Å². The topological polar surface area (TPSA) is 72.2 Å². The van der Waals surface area contributed by atoms with Crippen LogP contribution in [0.2, 0.25) is 0 Å². The number of hydrogen-bond acceptors (Lipinski definition) is 5. The smallest absolute Gasteiger partial charge is 0.345 e. The molecule has 0 saturated carbocycles. The number of nitrogens with one attached hydrogen (secondary N) is 1. The summed E-state index contributed by atoms with van der Waals surface area (Å²) in [5.74, 6) is -0.220. The van der Waals surface area contributed by atoms with Crippen molar-refractivity contribution in [1.29, 1.82) is 0 Å². The van der Waals surface area contributed by atoms with E-state index in [-0.39, 0.29) is 5.91 Å². The second-order valence-corrected chi connectivity index (χ2v) is 7.15. The van der Waals surface area contributed by atoms with Crippen molar-refractivity contribution in [2.45, 2.75) is 13.8 Å². The summed E-state index contributed by atoms with van der Waals surface area (Å²) in [5.41, 5.74) is 3.45. The zero-order valence-corrected chi connectivity index (χ0v) is 15.6. The molecule has 0 aliphatic carbocycles. The van der Waals surface area contributed by atoms with Crippen LogP contribution in [0, 0.1) is 13.8 Å². The van der Waals surface area contributed by atoms with Crippen LogP contribution in [-0.4, -0.2) is 10.9 Å². The van der Waals surface area contributed by atoms with E-state index >= 15 is 0 Å². The maximum absolute atomic E-state index is 12.5. The number of amides is 1. The summed E-state index contributed by atoms with van der Waals surface area (Å²) in [7, 11) is 0. The van der Waals surface area contributed by atoms with Gasteiger partial charge in [-0.2, -0.15) is 0 Å². The number of rotatable bonds is 3. The molecule has 1 amide bonds. The maximum atomic E-state index is 12.5. The Kier molecular flexibility index (Phi) is 4.33. The minimum absolute atomic E-state index is 0.220. The highest BCUT2D eigenvalue weighted by atomic mass is 32.1. The van der Waals surface area contributed by atoms with Gasteiger partial charge in [0.2, 0.25) is 0 Å². The first kappa shape index (κ1) is 17.2. The van der Waals surface area contributed by atoms with Crippen molar-refractivity contribution in [3.05, 3.63) is 81.0 Å². The van der Waals surface area contributed by atoms with Crippen LogP contribution in [0.4, 0.5) is 5.13 Å². The largest absolute Gasteiger partial charge is 0.422 e. The van der Waals surface area contributed by atoms with Crippen molar-refractivity contribution < 1.29 is 9.21 Å². The number of anilines is 1. The van der Waals surface area contributed by atoms with Crippen molar-refractivity contribution in [2.75, 3.05) is 5.32 Å². The molecule has 0 aliphatic rings. The molecule has 0 atom stereocenters. The summed E-state index contributed by atoms with van der Waals surface area (Å²) in [6.07, 6.45) is 0. The van der Waals surface area contributed by atoms with Gasteiger partial charge in [-0.3, -0.25) is 10.1 Å². The first-order valence-corrected chi connectivity index (χ1v) is 9.26. The standard InChI is InChI=1S/C21H16N2O3S/c1-12-7-8-13(2)15(9-12)19(24)23-21-22-17(11-27-21)16-10-14-5-3-4-6-18(14)26-20(16)25/h3-11H,1-2H3,(H,22,23,24). The number of aryl methyl sites for hydroxylation is 2. The van der Waals surface area contributed by atoms with Gasteiger partial charge in [-0.15, -0.1) is 11.3 Å². The van der Waals surface area contributed by atoms with E-state index in [4.69, 9.17) is 4.42 Å². The van der Waals surface area contributed by atoms with E-state index in [2.05, 4.69) is 10.3 Å². The molecule has 0 bridgehead atoms. The predicted octanol–water partition coefficient (Wildman–Crippen LogP) is 4.79. The van der Waals surface area contributed by atoms with Crippen LogP contribution < -0.4 is 10.9 Å². The van der Waals surface area contributed by atoms with E-state index in [0.717, 1.165) is 16.5 Å². The van der Waals surface area contributed by atoms with Gasteiger partial charge in [0.05, 0.1) is 11.3 Å². The molecule has 4 rings (SSSR count). The van der Waals surface area contributed by atoms with Gasteiger partial charge in [0.1, 0.15) is 5.58 Å². The molecule has 27 heavy (non-hydrogen) atoms. The normalized spacial score (nSPS) is 10.9. The first-order valence-electron chi connectivity index (χ1n) is 8.38. The van der Waals surface area contributed by atoms with Crippen molar-refractivity contribution in [1.82, 2.24) is 4.98 Å². The summed E-state index contributed by atoms with van der Waals surface area (Å²) < 4.78 is 5.36. The highest BCUT2D eigenvalue weighted by molar-refractivity contribution is 7.14. The average molecular weight is 376 g/mol. The average Bonchev–Trinajstić information content (AvgIpc) is 3.11. The number of carbonyl (C=O) groups excluding carboxylic acids is 1. The molecular formula is C21H16N2O3S. The summed E-state index contributed by atoms with van der Waals surface area (Å²) in [6, 6.07) is 14.8. The van der Waals surface area contributed by atoms with E-state index < -0.39 is 5.63 Å². The molecule has 4 aromatic rings. The van der Waals surface area contributed by atoms with Crippen LogP contribution in [0.5, 0.6) is 0 Å². The Morgan fingerprint density at radius 2 is 1.93 bits per heavy atom. The molecule has 0 radical (unpaired) electrons. The summed E-state index contributed by atoms with van der Waals surface area (Å²) >= 11 is 1.27. The highest BCUT2D eigenvalue weighted by Gasteiger charge is 2.15. The zero-order chi connectivity index (χ0) is 19.0. The third-order valence-corrected chi connectivity index (χ3v) is 5.04. The molecule has 2 heterocycles. The molecule has 2 aromatic carbocycles. The highest BCUT2D eigenvalue weighted by Crippen LogP contribution is 2.26. The van der Waals surface area contributed by atoms with Crippen LogP contribution in [-0.2, 0) is 0 Å². The second-order valence-electron chi connectivity index (χ2n) is 6.30. The minimum atomic E-state index is -0.452. The molecule has 134 valence electrons. The molecule has 0 saturated heterocycles. The lowest BCUT2D eigenvalue weighted by Crippen LogP contribution is -2.13. The molecule has 6 heteroatoms. The van der Waals surface area contributed by atoms with Crippen molar-refractivity contribution in [2.24, 2.45) is 0 Å². The fraction of sp³-hybridized carbons (Fsp3) is 0.0952. The SMILES string of the molecule is Cc1ccc(C)c(C(=O)Nc2nc(-c3cc4ccccc4oc3=O)cs2)c1. The van der Waals surface area contributed by atoms with Crippen LogP contribution in [0.1, 0.15) is 21.5 Å².